The molecule has 0 radical (unpaired) electrons. The van der Waals surface area contributed by atoms with Gasteiger partial charge in [-0.3, -0.25) is 0 Å². The SMILES string of the molecule is C#CCC(NC(=O)OCc1ccccc1)c1ncc[nH]1. The Morgan fingerprint density at radius 2 is 2.25 bits per heavy atom. The summed E-state index contributed by atoms with van der Waals surface area (Å²) in [5, 5.41) is 2.69. The zero-order chi connectivity index (χ0) is 14.2. The molecule has 2 N–H and O–H groups in total. The molecule has 2 rings (SSSR count). The molecule has 1 atom stereocenters. The number of nitrogens with zero attached hydrogens (tertiary/aromatic N) is 1. The predicted octanol–water partition coefficient (Wildman–Crippen LogP) is 2.40. The molecule has 1 heterocycles. The fourth-order valence-electron chi connectivity index (χ4n) is 1.71. The number of hydrogen-bond donors (Lipinski definition) is 2. The van der Waals surface area contributed by atoms with Crippen molar-refractivity contribution in [1.82, 2.24) is 15.3 Å². The first-order valence-electron chi connectivity index (χ1n) is 6.19. The molecule has 1 aromatic carbocycles. The molecule has 0 aliphatic heterocycles. The summed E-state index contributed by atoms with van der Waals surface area (Å²) in [6.45, 7) is 0.216. The van der Waals surface area contributed by atoms with Crippen LogP contribution in [0.3, 0.4) is 0 Å². The van der Waals surface area contributed by atoms with Crippen molar-refractivity contribution >= 4 is 6.09 Å². The van der Waals surface area contributed by atoms with Crippen molar-refractivity contribution in [2.24, 2.45) is 0 Å². The monoisotopic (exact) mass is 269 g/mol. The van der Waals surface area contributed by atoms with Gasteiger partial charge in [0.2, 0.25) is 0 Å². The minimum Gasteiger partial charge on any atom is -0.445 e. The second-order valence-electron chi connectivity index (χ2n) is 4.14. The molecule has 0 spiro atoms. The molecule has 0 aliphatic rings. The van der Waals surface area contributed by atoms with E-state index in [9.17, 15) is 4.79 Å². The number of hydrogen-bond acceptors (Lipinski definition) is 3. The number of aromatic amines is 1. The van der Waals surface area contributed by atoms with Crippen LogP contribution in [0.2, 0.25) is 0 Å². The van der Waals surface area contributed by atoms with Crippen molar-refractivity contribution in [3.63, 3.8) is 0 Å². The van der Waals surface area contributed by atoms with E-state index in [4.69, 9.17) is 11.2 Å². The summed E-state index contributed by atoms with van der Waals surface area (Å²) in [7, 11) is 0. The number of amides is 1. The average Bonchev–Trinajstić information content (AvgIpc) is 3.00. The molecule has 0 fully saturated rings. The van der Waals surface area contributed by atoms with Crippen LogP contribution in [0.15, 0.2) is 42.7 Å². The topological polar surface area (TPSA) is 67.0 Å². The van der Waals surface area contributed by atoms with Crippen molar-refractivity contribution in [2.75, 3.05) is 0 Å². The highest BCUT2D eigenvalue weighted by molar-refractivity contribution is 5.67. The van der Waals surface area contributed by atoms with E-state index in [1.165, 1.54) is 0 Å². The van der Waals surface area contributed by atoms with E-state index in [1.54, 1.807) is 12.4 Å². The van der Waals surface area contributed by atoms with Gasteiger partial charge in [-0.1, -0.05) is 30.3 Å². The van der Waals surface area contributed by atoms with Crippen LogP contribution in [0.25, 0.3) is 0 Å². The largest absolute Gasteiger partial charge is 0.445 e. The Balaban J connectivity index is 1.88. The second kappa shape index (κ2) is 7.00. The number of ether oxygens (including phenoxy) is 1. The molecular formula is C15H15N3O2. The number of benzene rings is 1. The number of aromatic nitrogens is 2. The first kappa shape index (κ1) is 13.7. The standard InChI is InChI=1S/C15H15N3O2/c1-2-6-13(14-16-9-10-17-14)18-15(19)20-11-12-7-4-3-5-8-12/h1,3-5,7-10,13H,6,11H2,(H,16,17)(H,18,19). The highest BCUT2D eigenvalue weighted by Crippen LogP contribution is 2.11. The molecule has 0 saturated carbocycles. The van der Waals surface area contributed by atoms with E-state index >= 15 is 0 Å². The van der Waals surface area contributed by atoms with Gasteiger partial charge < -0.3 is 15.0 Å². The van der Waals surface area contributed by atoms with Crippen LogP contribution in [-0.4, -0.2) is 16.1 Å². The van der Waals surface area contributed by atoms with E-state index in [0.717, 1.165) is 5.56 Å². The molecule has 0 bridgehead atoms. The molecule has 2 aromatic rings. The summed E-state index contributed by atoms with van der Waals surface area (Å²) in [6, 6.07) is 9.08. The third kappa shape index (κ3) is 3.89. The summed E-state index contributed by atoms with van der Waals surface area (Å²) < 4.78 is 5.14. The van der Waals surface area contributed by atoms with Gasteiger partial charge in [0.15, 0.2) is 0 Å². The molecule has 1 amide bonds. The number of nitrogens with one attached hydrogen (secondary N) is 2. The summed E-state index contributed by atoms with van der Waals surface area (Å²) in [6.07, 6.45) is 8.39. The Bertz CT molecular complexity index is 573. The summed E-state index contributed by atoms with van der Waals surface area (Å²) in [4.78, 5) is 18.8. The van der Waals surface area contributed by atoms with Gasteiger partial charge in [0.25, 0.3) is 0 Å². The lowest BCUT2D eigenvalue weighted by molar-refractivity contribution is 0.135. The van der Waals surface area contributed by atoms with Crippen LogP contribution >= 0.6 is 0 Å². The van der Waals surface area contributed by atoms with Gasteiger partial charge >= 0.3 is 6.09 Å². The summed E-state index contributed by atoms with van der Waals surface area (Å²) in [5.41, 5.74) is 0.925. The third-order valence-electron chi connectivity index (χ3n) is 2.68. The third-order valence-corrected chi connectivity index (χ3v) is 2.68. The molecule has 1 unspecified atom stereocenters. The lowest BCUT2D eigenvalue weighted by Crippen LogP contribution is -2.29. The maximum atomic E-state index is 11.8. The maximum absolute atomic E-state index is 11.8. The number of terminal acetylenes is 1. The average molecular weight is 269 g/mol. The lowest BCUT2D eigenvalue weighted by atomic mass is 10.2. The smallest absolute Gasteiger partial charge is 0.408 e. The Morgan fingerprint density at radius 1 is 1.45 bits per heavy atom. The molecule has 5 nitrogen and oxygen atoms in total. The minimum absolute atomic E-state index is 0.216. The molecule has 0 aliphatic carbocycles. The Labute approximate surface area is 117 Å². The quantitative estimate of drug-likeness (QED) is 0.819. The zero-order valence-corrected chi connectivity index (χ0v) is 10.9. The van der Waals surface area contributed by atoms with E-state index < -0.39 is 6.09 Å². The van der Waals surface area contributed by atoms with E-state index in [0.29, 0.717) is 12.2 Å². The van der Waals surface area contributed by atoms with Crippen molar-refractivity contribution in [2.45, 2.75) is 19.1 Å². The highest BCUT2D eigenvalue weighted by atomic mass is 16.5. The normalized spacial score (nSPS) is 11.3. The van der Waals surface area contributed by atoms with Crippen LogP contribution in [0.1, 0.15) is 23.9 Å². The predicted molar refractivity (Wildman–Crippen MR) is 74.5 cm³/mol. The number of rotatable bonds is 5. The van der Waals surface area contributed by atoms with Crippen molar-refractivity contribution in [3.8, 4) is 12.3 Å². The Morgan fingerprint density at radius 3 is 2.90 bits per heavy atom. The molecular weight excluding hydrogens is 254 g/mol. The van der Waals surface area contributed by atoms with Crippen LogP contribution in [0, 0.1) is 12.3 Å². The van der Waals surface area contributed by atoms with Gasteiger partial charge in [-0.05, 0) is 5.56 Å². The fourth-order valence-corrected chi connectivity index (χ4v) is 1.71. The van der Waals surface area contributed by atoms with Gasteiger partial charge in [-0.2, -0.15) is 0 Å². The van der Waals surface area contributed by atoms with E-state index in [-0.39, 0.29) is 12.6 Å². The van der Waals surface area contributed by atoms with Crippen LogP contribution in [-0.2, 0) is 11.3 Å². The lowest BCUT2D eigenvalue weighted by Gasteiger charge is -2.14. The van der Waals surface area contributed by atoms with Gasteiger partial charge in [-0.25, -0.2) is 9.78 Å². The van der Waals surface area contributed by atoms with Crippen molar-refractivity contribution in [1.29, 1.82) is 0 Å². The number of carbonyl (C=O) groups is 1. The van der Waals surface area contributed by atoms with Crippen molar-refractivity contribution < 1.29 is 9.53 Å². The van der Waals surface area contributed by atoms with Crippen molar-refractivity contribution in [3.05, 3.63) is 54.1 Å². The molecule has 20 heavy (non-hydrogen) atoms. The van der Waals surface area contributed by atoms with E-state index in [2.05, 4.69) is 21.2 Å². The number of alkyl carbamates (subject to hydrolysis) is 1. The van der Waals surface area contributed by atoms with Gasteiger partial charge in [0.1, 0.15) is 18.5 Å². The number of imidazole rings is 1. The van der Waals surface area contributed by atoms with Gasteiger partial charge in [-0.15, -0.1) is 12.3 Å². The van der Waals surface area contributed by atoms with Crippen LogP contribution in [0.5, 0.6) is 0 Å². The Kier molecular flexibility index (Phi) is 4.79. The maximum Gasteiger partial charge on any atom is 0.408 e. The number of H-pyrrole nitrogens is 1. The second-order valence-corrected chi connectivity index (χ2v) is 4.14. The van der Waals surface area contributed by atoms with E-state index in [1.807, 2.05) is 30.3 Å². The molecule has 102 valence electrons. The first-order valence-corrected chi connectivity index (χ1v) is 6.19. The number of carbonyl (C=O) groups excluding carboxylic acids is 1. The molecule has 0 saturated heterocycles. The highest BCUT2D eigenvalue weighted by Gasteiger charge is 2.16. The van der Waals surface area contributed by atoms with Gasteiger partial charge in [0.05, 0.1) is 0 Å². The minimum atomic E-state index is -0.523. The molecule has 1 aromatic heterocycles. The fraction of sp³-hybridized carbons (Fsp3) is 0.200. The summed E-state index contributed by atoms with van der Waals surface area (Å²) in [5.74, 6) is 3.12. The first-order chi connectivity index (χ1) is 9.79. The van der Waals surface area contributed by atoms with Gasteiger partial charge in [0, 0.05) is 18.8 Å². The molecule has 5 heteroatoms. The Hall–Kier alpha value is -2.74. The van der Waals surface area contributed by atoms with Crippen LogP contribution < -0.4 is 5.32 Å². The van der Waals surface area contributed by atoms with Crippen LogP contribution in [0.4, 0.5) is 4.79 Å². The summed E-state index contributed by atoms with van der Waals surface area (Å²) >= 11 is 0. The zero-order valence-electron chi connectivity index (χ0n) is 10.9.